The van der Waals surface area contributed by atoms with Gasteiger partial charge < -0.3 is 4.98 Å². The Bertz CT molecular complexity index is 662. The Labute approximate surface area is 127 Å². The average molecular weight is 335 g/mol. The number of aromatic nitrogens is 2. The molecular formula is C16H19BrN2O. The molecule has 2 rings (SSSR count). The lowest BCUT2D eigenvalue weighted by Gasteiger charge is -2.09. The van der Waals surface area contributed by atoms with Crippen LogP contribution in [0.15, 0.2) is 33.5 Å². The van der Waals surface area contributed by atoms with Crippen LogP contribution in [0.5, 0.6) is 0 Å². The van der Waals surface area contributed by atoms with Crippen molar-refractivity contribution in [1.29, 1.82) is 0 Å². The molecule has 4 heteroatoms. The molecule has 0 atom stereocenters. The Balaban J connectivity index is 2.33. The summed E-state index contributed by atoms with van der Waals surface area (Å²) in [5, 5.41) is 0. The molecule has 1 N–H and O–H groups in total. The van der Waals surface area contributed by atoms with E-state index in [9.17, 15) is 4.79 Å². The molecule has 0 spiro atoms. The number of aromatic amines is 1. The van der Waals surface area contributed by atoms with Crippen molar-refractivity contribution in [3.05, 3.63) is 61.7 Å². The molecule has 0 saturated carbocycles. The van der Waals surface area contributed by atoms with Crippen molar-refractivity contribution in [2.45, 2.75) is 33.6 Å². The maximum Gasteiger partial charge on any atom is 0.265 e. The second kappa shape index (κ2) is 6.35. The molecule has 0 radical (unpaired) electrons. The van der Waals surface area contributed by atoms with Gasteiger partial charge in [0.25, 0.3) is 5.56 Å². The molecular weight excluding hydrogens is 316 g/mol. The van der Waals surface area contributed by atoms with Crippen molar-refractivity contribution in [2.75, 3.05) is 0 Å². The highest BCUT2D eigenvalue weighted by Crippen LogP contribution is 2.15. The lowest BCUT2D eigenvalue weighted by molar-refractivity contribution is 0.627. The van der Waals surface area contributed by atoms with Crippen LogP contribution in [0.2, 0.25) is 0 Å². The number of nitrogens with one attached hydrogen (secondary N) is 1. The van der Waals surface area contributed by atoms with Crippen molar-refractivity contribution in [3.8, 4) is 0 Å². The monoisotopic (exact) mass is 334 g/mol. The molecule has 3 nitrogen and oxygen atoms in total. The number of nitrogens with zero attached hydrogens (tertiary/aromatic N) is 1. The molecule has 0 aliphatic rings. The Morgan fingerprint density at radius 1 is 1.35 bits per heavy atom. The molecule has 0 bridgehead atoms. The van der Waals surface area contributed by atoms with Crippen LogP contribution in [-0.2, 0) is 12.8 Å². The van der Waals surface area contributed by atoms with Gasteiger partial charge in [0.05, 0.1) is 5.69 Å². The maximum absolute atomic E-state index is 12.0. The van der Waals surface area contributed by atoms with Gasteiger partial charge in [0.2, 0.25) is 0 Å². The fourth-order valence-corrected chi connectivity index (χ4v) is 2.53. The van der Waals surface area contributed by atoms with Gasteiger partial charge in [-0.1, -0.05) is 43.7 Å². The summed E-state index contributed by atoms with van der Waals surface area (Å²) in [6, 6.07) is 8.25. The molecule has 0 aliphatic heterocycles. The minimum Gasteiger partial charge on any atom is -0.309 e. The van der Waals surface area contributed by atoms with E-state index in [4.69, 9.17) is 0 Å². The van der Waals surface area contributed by atoms with Crippen LogP contribution in [-0.4, -0.2) is 9.97 Å². The quantitative estimate of drug-likeness (QED) is 0.927. The van der Waals surface area contributed by atoms with Gasteiger partial charge in [-0.15, -0.1) is 0 Å². The normalized spacial score (nSPS) is 11.1. The summed E-state index contributed by atoms with van der Waals surface area (Å²) in [5.41, 5.74) is 3.11. The Morgan fingerprint density at radius 3 is 2.75 bits per heavy atom. The molecule has 0 saturated heterocycles. The van der Waals surface area contributed by atoms with Gasteiger partial charge >= 0.3 is 0 Å². The van der Waals surface area contributed by atoms with E-state index in [1.165, 1.54) is 5.56 Å². The van der Waals surface area contributed by atoms with Gasteiger partial charge in [-0.25, -0.2) is 4.98 Å². The van der Waals surface area contributed by atoms with Crippen LogP contribution >= 0.6 is 15.9 Å². The van der Waals surface area contributed by atoms with E-state index in [1.54, 1.807) is 0 Å². The topological polar surface area (TPSA) is 45.8 Å². The van der Waals surface area contributed by atoms with Gasteiger partial charge in [0, 0.05) is 6.42 Å². The molecule has 0 fully saturated rings. The van der Waals surface area contributed by atoms with Crippen LogP contribution in [0.25, 0.3) is 0 Å². The molecule has 1 aromatic carbocycles. The molecule has 1 aromatic heterocycles. The third kappa shape index (κ3) is 3.79. The fraction of sp³-hybridized carbons (Fsp3) is 0.375. The summed E-state index contributed by atoms with van der Waals surface area (Å²) in [7, 11) is 0. The number of hydrogen-bond donors (Lipinski definition) is 1. The highest BCUT2D eigenvalue weighted by molar-refractivity contribution is 9.10. The summed E-state index contributed by atoms with van der Waals surface area (Å²) in [5.74, 6) is 1.19. The summed E-state index contributed by atoms with van der Waals surface area (Å²) in [4.78, 5) is 19.4. The van der Waals surface area contributed by atoms with E-state index in [0.717, 1.165) is 23.5 Å². The smallest absolute Gasteiger partial charge is 0.265 e. The zero-order chi connectivity index (χ0) is 14.7. The predicted octanol–water partition coefficient (Wildman–Crippen LogP) is 3.63. The first-order valence-electron chi connectivity index (χ1n) is 6.79. The van der Waals surface area contributed by atoms with Crippen LogP contribution in [0.4, 0.5) is 0 Å². The van der Waals surface area contributed by atoms with Gasteiger partial charge in [-0.3, -0.25) is 4.79 Å². The van der Waals surface area contributed by atoms with E-state index >= 15 is 0 Å². The Hall–Kier alpha value is -1.42. The highest BCUT2D eigenvalue weighted by Gasteiger charge is 2.11. The molecule has 0 amide bonds. The molecule has 1 heterocycles. The molecule has 2 aromatic rings. The Kier molecular flexibility index (Phi) is 4.76. The van der Waals surface area contributed by atoms with E-state index < -0.39 is 0 Å². The van der Waals surface area contributed by atoms with Crippen LogP contribution in [0.1, 0.15) is 36.5 Å². The maximum atomic E-state index is 12.0. The average Bonchev–Trinajstić information content (AvgIpc) is 2.35. The van der Waals surface area contributed by atoms with Crippen molar-refractivity contribution in [3.63, 3.8) is 0 Å². The summed E-state index contributed by atoms with van der Waals surface area (Å²) in [6.07, 6.45) is 1.45. The lowest BCUT2D eigenvalue weighted by atomic mass is 10.1. The van der Waals surface area contributed by atoms with E-state index in [1.807, 2.05) is 6.07 Å². The molecule has 106 valence electrons. The minimum absolute atomic E-state index is 0.0988. The predicted molar refractivity (Wildman–Crippen MR) is 85.1 cm³/mol. The van der Waals surface area contributed by atoms with Gasteiger partial charge in [-0.05, 0) is 40.8 Å². The van der Waals surface area contributed by atoms with E-state index in [2.05, 4.69) is 64.9 Å². The van der Waals surface area contributed by atoms with E-state index in [-0.39, 0.29) is 5.56 Å². The molecule has 0 aliphatic carbocycles. The van der Waals surface area contributed by atoms with Gasteiger partial charge in [0.1, 0.15) is 10.3 Å². The first-order valence-corrected chi connectivity index (χ1v) is 7.58. The summed E-state index contributed by atoms with van der Waals surface area (Å²) in [6.45, 7) is 6.30. The lowest BCUT2D eigenvalue weighted by Crippen LogP contribution is -2.17. The zero-order valence-corrected chi connectivity index (χ0v) is 13.6. The fourth-order valence-electron chi connectivity index (χ4n) is 2.18. The van der Waals surface area contributed by atoms with Crippen molar-refractivity contribution in [2.24, 2.45) is 5.92 Å². The number of rotatable bonds is 4. The first kappa shape index (κ1) is 15.0. The van der Waals surface area contributed by atoms with Gasteiger partial charge in [0.15, 0.2) is 0 Å². The zero-order valence-electron chi connectivity index (χ0n) is 12.0. The second-order valence-electron chi connectivity index (χ2n) is 5.54. The van der Waals surface area contributed by atoms with E-state index in [0.29, 0.717) is 16.8 Å². The third-order valence-corrected chi connectivity index (χ3v) is 3.85. The summed E-state index contributed by atoms with van der Waals surface area (Å²) < 4.78 is 0.555. The molecule has 0 unspecified atom stereocenters. The number of aryl methyl sites for hydroxylation is 1. The van der Waals surface area contributed by atoms with Crippen LogP contribution in [0, 0.1) is 12.8 Å². The Morgan fingerprint density at radius 2 is 2.10 bits per heavy atom. The van der Waals surface area contributed by atoms with Crippen molar-refractivity contribution in [1.82, 2.24) is 9.97 Å². The number of H-pyrrole nitrogens is 1. The van der Waals surface area contributed by atoms with Crippen LogP contribution in [0.3, 0.4) is 0 Å². The standard InChI is InChI=1S/C16H19BrN2O/c1-10(2)7-13-15(17)16(20)19-14(18-13)9-12-6-4-5-11(3)8-12/h4-6,8,10H,7,9H2,1-3H3,(H,18,19,20). The van der Waals surface area contributed by atoms with Gasteiger partial charge in [-0.2, -0.15) is 0 Å². The van der Waals surface area contributed by atoms with Crippen molar-refractivity contribution < 1.29 is 0 Å². The SMILES string of the molecule is Cc1cccc(Cc2nc(CC(C)C)c(Br)c(=O)[nH]2)c1. The first-order chi connectivity index (χ1) is 9.45. The number of hydrogen-bond acceptors (Lipinski definition) is 2. The number of benzene rings is 1. The summed E-state index contributed by atoms with van der Waals surface area (Å²) >= 11 is 3.33. The second-order valence-corrected chi connectivity index (χ2v) is 6.33. The third-order valence-electron chi connectivity index (χ3n) is 3.04. The largest absolute Gasteiger partial charge is 0.309 e. The minimum atomic E-state index is -0.0988. The van der Waals surface area contributed by atoms with Crippen molar-refractivity contribution >= 4 is 15.9 Å². The van der Waals surface area contributed by atoms with Crippen LogP contribution < -0.4 is 5.56 Å². The highest BCUT2D eigenvalue weighted by atomic mass is 79.9. The number of halogens is 1. The molecule has 20 heavy (non-hydrogen) atoms.